The van der Waals surface area contributed by atoms with Crippen LogP contribution in [0.5, 0.6) is 5.75 Å². The zero-order valence-corrected chi connectivity index (χ0v) is 64.8. The van der Waals surface area contributed by atoms with Gasteiger partial charge in [-0.15, -0.1) is 27.5 Å². The van der Waals surface area contributed by atoms with Crippen LogP contribution in [0, 0.1) is 80.5 Å². The molecule has 28 heteroatoms. The maximum Gasteiger partial charge on any atom is 0.311 e. The summed E-state index contributed by atoms with van der Waals surface area (Å²) in [5.74, 6) is 2.86. The van der Waals surface area contributed by atoms with Gasteiger partial charge in [0.2, 0.25) is 53.1 Å². The summed E-state index contributed by atoms with van der Waals surface area (Å²) in [6.07, 6.45) is 24.2. The molecule has 3 aromatic heterocycles. The molecule has 8 amide bonds. The van der Waals surface area contributed by atoms with E-state index in [1.165, 1.54) is 19.6 Å². The molecule has 4 N–H and O–H groups in total. The quantitative estimate of drug-likeness (QED) is 0.00586. The number of imide groups is 2. The second-order valence-electron chi connectivity index (χ2n) is 30.7. The lowest BCUT2D eigenvalue weighted by atomic mass is 9.85. The van der Waals surface area contributed by atoms with Gasteiger partial charge in [0.25, 0.3) is 0 Å². The number of carbonyl (C=O) groups excluding carboxylic acids is 10. The van der Waals surface area contributed by atoms with E-state index in [4.69, 9.17) is 36.2 Å². The number of aliphatic hydroxyl groups excluding tert-OH is 2. The number of aryl methyl sites for hydroxylation is 2. The molecule has 2 saturated carbocycles. The predicted molar refractivity (Wildman–Crippen MR) is 407 cm³/mol. The molecule has 12 rings (SSSR count). The molecule has 4 fully saturated rings. The van der Waals surface area contributed by atoms with Gasteiger partial charge < -0.3 is 40.1 Å². The van der Waals surface area contributed by atoms with Gasteiger partial charge in [-0.2, -0.15) is 4.57 Å². The average Bonchev–Trinajstić information content (AvgIpc) is 1.56. The fourth-order valence-corrected chi connectivity index (χ4v) is 17.5. The molecule has 0 unspecified atom stereocenters. The van der Waals surface area contributed by atoms with Gasteiger partial charge >= 0.3 is 17.8 Å². The van der Waals surface area contributed by atoms with E-state index in [-0.39, 0.29) is 191 Å². The second-order valence-corrected chi connectivity index (χ2v) is 31.9. The third-order valence-corrected chi connectivity index (χ3v) is 23.0. The molecular formula is C82H104N13O14S+. The fourth-order valence-electron chi connectivity index (χ4n) is 16.3. The smallest absolute Gasteiger partial charge is 0.311 e. The summed E-state index contributed by atoms with van der Waals surface area (Å²) in [6, 6.07) is 16.9. The highest BCUT2D eigenvalue weighted by molar-refractivity contribution is 7.14. The number of esters is 2. The van der Waals surface area contributed by atoms with Gasteiger partial charge in [0.05, 0.1) is 73.9 Å². The number of unbranched alkanes of at least 4 members (excludes halogenated alkanes) is 6. The number of rotatable bonds is 37. The van der Waals surface area contributed by atoms with Gasteiger partial charge in [-0.1, -0.05) is 97.2 Å². The molecular weight excluding hydrogens is 1420 g/mol. The number of terminal acetylenes is 1. The molecule has 110 heavy (non-hydrogen) atoms. The van der Waals surface area contributed by atoms with E-state index in [1.54, 1.807) is 39.2 Å². The Bertz CT molecular complexity index is 4280. The molecule has 2 aromatic carbocycles. The Morgan fingerprint density at radius 2 is 1.19 bits per heavy atom. The van der Waals surface area contributed by atoms with Crippen LogP contribution in [-0.2, 0) is 72.3 Å². The number of hydrogen-bond donors (Lipinski definition) is 4. The van der Waals surface area contributed by atoms with E-state index in [0.717, 1.165) is 70.9 Å². The van der Waals surface area contributed by atoms with Gasteiger partial charge in [0.15, 0.2) is 11.0 Å². The van der Waals surface area contributed by atoms with Gasteiger partial charge in [-0.3, -0.25) is 67.4 Å². The number of aliphatic hydroxyl groups is 2. The molecule has 6 heterocycles. The zero-order valence-electron chi connectivity index (χ0n) is 64.0. The van der Waals surface area contributed by atoms with Gasteiger partial charge in [-0.05, 0) is 133 Å². The number of aliphatic imine (C=N–C) groups is 1. The number of carbonyl (C=O) groups is 10. The molecule has 9 atom stereocenters. The lowest BCUT2D eigenvalue weighted by Gasteiger charge is -2.22. The van der Waals surface area contributed by atoms with E-state index in [9.17, 15) is 47.9 Å². The van der Waals surface area contributed by atoms with Crippen LogP contribution in [0.1, 0.15) is 180 Å². The Balaban J connectivity index is 0.000000322. The van der Waals surface area contributed by atoms with E-state index >= 15 is 0 Å². The molecule has 4 aliphatic carbocycles. The number of allylic oxidation sites excluding steroid dienone is 4. The minimum Gasteiger partial charge on any atom is -0.460 e. The first-order chi connectivity index (χ1) is 52.9. The first-order valence-electron chi connectivity index (χ1n) is 38.9. The number of amides is 8. The molecule has 5 aromatic rings. The highest BCUT2D eigenvalue weighted by atomic mass is 32.1. The molecule has 0 spiro atoms. The maximum atomic E-state index is 13.5. The van der Waals surface area contributed by atoms with Crippen molar-refractivity contribution in [2.45, 2.75) is 182 Å². The SMILES string of the molecule is C#CCN(CCC(=O)NCCO)C(=O)CCCCCN1C(=O)[C@@H]2[C@H](C1=O)[C@H]1C=C[C@@H]2C1.Cc1sc2c(c1C)C(c1ccccc1)=N[C@@H](CC(=O)OC(C)(C)C)c1nn(Cc3ccc(OC(=O)CCCCCn4cc(CN(CCC(=O)NCCO)C(=O)CCCCCN5C(=O)[C@@H]6[C@H](C5=O)[C@H]5C=C[C@@H]6C5)nn4)cc3)c(C)[n+]1-2. The van der Waals surface area contributed by atoms with Crippen molar-refractivity contribution >= 4 is 76.2 Å². The molecule has 4 bridgehead atoms. The van der Waals surface area contributed by atoms with E-state index in [1.807, 2.05) is 74.8 Å². The Labute approximate surface area is 646 Å². The minimum atomic E-state index is -0.659. The van der Waals surface area contributed by atoms with Crippen molar-refractivity contribution in [2.75, 3.05) is 59.0 Å². The zero-order chi connectivity index (χ0) is 78.3. The van der Waals surface area contributed by atoms with Crippen LogP contribution in [0.2, 0.25) is 0 Å². The molecule has 3 aliphatic heterocycles. The second kappa shape index (κ2) is 37.2. The third kappa shape index (κ3) is 19.6. The molecule has 27 nitrogen and oxygen atoms in total. The van der Waals surface area contributed by atoms with Crippen molar-refractivity contribution in [3.05, 3.63) is 130 Å². The number of nitrogens with zero attached hydrogens (tertiary/aromatic N) is 11. The van der Waals surface area contributed by atoms with Crippen LogP contribution in [0.4, 0.5) is 0 Å². The number of nitrogens with one attached hydrogen (secondary N) is 2. The molecule has 2 saturated heterocycles. The topological polar surface area (TPSA) is 331 Å². The highest BCUT2D eigenvalue weighted by Crippen LogP contribution is 2.54. The van der Waals surface area contributed by atoms with E-state index in [0.29, 0.717) is 88.4 Å². The molecule has 7 aliphatic rings. The van der Waals surface area contributed by atoms with Gasteiger partial charge in [-0.25, -0.2) is 0 Å². The standard InChI is InChI=1S/C59H72N10O9S.C23H31N3O5/c1-37-38(2)79-58-51(37)54(41-16-10-7-11-17-41)61-46(33-50(74)78-59(4,5)6)55-63-68(39(3)69(55)58)34-40-20-24-45(25-21-40)77-49(73)19-13-9-14-28-66-36-44(62-64-66)35-65(30-26-47(71)60-27-31-70)48(72)18-12-8-15-29-67-56(75)52-42-22-23-43(32-42)53(52)57(67)76;1-2-11-25(13-9-18(28)24-10-14-27)19(29)6-4-3-5-12-26-22(30)20-16-7-8-17(15-16)21(20)23(26)31/h7,10-11,16-17,20-25,36,42-43,46,52-53,70H,8-9,12-15,18-19,26-35H2,1-6H3;1,7-8,16-17,20-21,27H,3-6,9-15H2,(H,24,28)/p+1/t42-,43+,46-,52+,53-;16-,17+,20+,21-/m0./s1. The minimum absolute atomic E-state index is 0.0165. The van der Waals surface area contributed by atoms with Crippen molar-refractivity contribution in [1.29, 1.82) is 0 Å². The van der Waals surface area contributed by atoms with Crippen LogP contribution in [0.15, 0.2) is 90.1 Å². The van der Waals surface area contributed by atoms with Crippen LogP contribution in [0.25, 0.3) is 5.00 Å². The Hall–Kier alpha value is -9.85. The summed E-state index contributed by atoms with van der Waals surface area (Å²) in [7, 11) is 0. The van der Waals surface area contributed by atoms with Crippen LogP contribution >= 0.6 is 11.3 Å². The summed E-state index contributed by atoms with van der Waals surface area (Å²) < 4.78 is 17.3. The van der Waals surface area contributed by atoms with E-state index < -0.39 is 11.6 Å². The average molecular weight is 1530 g/mol. The van der Waals surface area contributed by atoms with Crippen LogP contribution in [-0.4, -0.2) is 184 Å². The van der Waals surface area contributed by atoms with E-state index in [2.05, 4.69) is 69.6 Å². The predicted octanol–water partition coefficient (Wildman–Crippen LogP) is 7.09. The van der Waals surface area contributed by atoms with Gasteiger partial charge in [0.1, 0.15) is 23.6 Å². The lowest BCUT2D eigenvalue weighted by molar-refractivity contribution is -0.609. The number of aromatic nitrogens is 6. The Morgan fingerprint density at radius 1 is 0.664 bits per heavy atom. The van der Waals surface area contributed by atoms with Crippen LogP contribution in [0.3, 0.4) is 0 Å². The summed E-state index contributed by atoms with van der Waals surface area (Å²) in [6.45, 7) is 14.3. The van der Waals surface area contributed by atoms with Gasteiger partial charge in [0, 0.05) is 100 Å². The Morgan fingerprint density at radius 3 is 1.73 bits per heavy atom. The molecule has 0 radical (unpaired) electrons. The van der Waals surface area contributed by atoms with Crippen molar-refractivity contribution in [3.63, 3.8) is 0 Å². The number of hydrogen-bond acceptors (Lipinski definition) is 19. The number of fused-ring (bicyclic) bond motifs is 13. The summed E-state index contributed by atoms with van der Waals surface area (Å²) in [5, 5.41) is 37.8. The van der Waals surface area contributed by atoms with Crippen molar-refractivity contribution < 1.29 is 72.2 Å². The lowest BCUT2D eigenvalue weighted by Crippen LogP contribution is -2.38. The molecule has 586 valence electrons. The van der Waals surface area contributed by atoms with Crippen molar-refractivity contribution in [2.24, 2.45) is 52.3 Å². The summed E-state index contributed by atoms with van der Waals surface area (Å²) >= 11 is 1.68. The van der Waals surface area contributed by atoms with Crippen molar-refractivity contribution in [3.8, 4) is 23.1 Å². The first kappa shape index (κ1) is 81.1. The largest absolute Gasteiger partial charge is 0.460 e. The summed E-state index contributed by atoms with van der Waals surface area (Å²) in [4.78, 5) is 140. The normalized spacial score (nSPS) is 20.9. The number of thiophene rings is 1. The monoisotopic (exact) mass is 1530 g/mol. The third-order valence-electron chi connectivity index (χ3n) is 21.8. The Kier molecular flexibility index (Phi) is 27.5. The summed E-state index contributed by atoms with van der Waals surface area (Å²) in [5.41, 5.74) is 4.80. The maximum absolute atomic E-state index is 13.5. The number of likely N-dealkylation sites (tertiary alicyclic amines) is 2. The first-order valence-corrected chi connectivity index (χ1v) is 39.7. The fraction of sp³-hybridized carbons (Fsp3) is 0.549. The highest BCUT2D eigenvalue weighted by Gasteiger charge is 2.60. The number of ether oxygens (including phenoxy) is 2. The van der Waals surface area contributed by atoms with Crippen LogP contribution < -0.4 is 19.9 Å². The van der Waals surface area contributed by atoms with Crippen molar-refractivity contribution in [1.82, 2.24) is 55.0 Å². The number of benzene rings is 2.